The number of hydrogen-bond donors (Lipinski definition) is 0. The van der Waals surface area contributed by atoms with Crippen LogP contribution in [0.5, 0.6) is 0 Å². The first-order chi connectivity index (χ1) is 7.22. The molecule has 1 aromatic heterocycles. The zero-order valence-electron chi connectivity index (χ0n) is 10.3. The molecule has 0 radical (unpaired) electrons. The van der Waals surface area contributed by atoms with Crippen molar-refractivity contribution in [3.8, 4) is 0 Å². The molecular formula is C14H23N. The third-order valence-corrected chi connectivity index (χ3v) is 2.69. The molecule has 1 rings (SSSR count). The monoisotopic (exact) mass is 205 g/mol. The van der Waals surface area contributed by atoms with Crippen LogP contribution in [-0.2, 0) is 12.8 Å². The van der Waals surface area contributed by atoms with E-state index in [0.29, 0.717) is 0 Å². The van der Waals surface area contributed by atoms with E-state index in [1.165, 1.54) is 30.7 Å². The summed E-state index contributed by atoms with van der Waals surface area (Å²) in [6.07, 6.45) is 6.13. The summed E-state index contributed by atoms with van der Waals surface area (Å²) in [6, 6.07) is 6.38. The molecule has 0 bridgehead atoms. The molecule has 15 heavy (non-hydrogen) atoms. The molecule has 0 unspecified atom stereocenters. The van der Waals surface area contributed by atoms with Crippen molar-refractivity contribution in [3.63, 3.8) is 0 Å². The van der Waals surface area contributed by atoms with E-state index in [0.717, 1.165) is 18.8 Å². The molecule has 0 fully saturated rings. The second kappa shape index (κ2) is 6.60. The zero-order chi connectivity index (χ0) is 11.1. The first kappa shape index (κ1) is 12.2. The van der Waals surface area contributed by atoms with Crippen LogP contribution in [0.1, 0.15) is 51.4 Å². The second-order valence-electron chi connectivity index (χ2n) is 4.61. The highest BCUT2D eigenvalue weighted by atomic mass is 14.7. The van der Waals surface area contributed by atoms with Crippen LogP contribution in [0.15, 0.2) is 18.2 Å². The summed E-state index contributed by atoms with van der Waals surface area (Å²) in [5.74, 6) is 0.833. The summed E-state index contributed by atoms with van der Waals surface area (Å²) in [4.78, 5) is 4.61. The van der Waals surface area contributed by atoms with Gasteiger partial charge in [0.1, 0.15) is 0 Å². The van der Waals surface area contributed by atoms with Crippen LogP contribution in [0.25, 0.3) is 0 Å². The molecule has 0 spiro atoms. The number of unbranched alkanes of at least 4 members (excludes halogenated alkanes) is 1. The summed E-state index contributed by atoms with van der Waals surface area (Å²) in [5, 5.41) is 0. The van der Waals surface area contributed by atoms with Crippen molar-refractivity contribution in [2.24, 2.45) is 5.92 Å². The van der Waals surface area contributed by atoms with Gasteiger partial charge in [-0.25, -0.2) is 0 Å². The van der Waals surface area contributed by atoms with Gasteiger partial charge in [0.05, 0.1) is 0 Å². The average molecular weight is 205 g/mol. The molecule has 1 aromatic rings. The smallest absolute Gasteiger partial charge is 0.0406 e. The molecule has 0 aromatic carbocycles. The van der Waals surface area contributed by atoms with Crippen molar-refractivity contribution in [3.05, 3.63) is 29.6 Å². The van der Waals surface area contributed by atoms with Crippen molar-refractivity contribution in [1.29, 1.82) is 0 Å². The van der Waals surface area contributed by atoms with Crippen LogP contribution < -0.4 is 0 Å². The molecule has 0 saturated carbocycles. The Morgan fingerprint density at radius 2 is 1.87 bits per heavy atom. The minimum Gasteiger partial charge on any atom is -0.258 e. The maximum absolute atomic E-state index is 4.61. The van der Waals surface area contributed by atoms with Gasteiger partial charge < -0.3 is 0 Å². The maximum atomic E-state index is 4.61. The van der Waals surface area contributed by atoms with Gasteiger partial charge >= 0.3 is 0 Å². The van der Waals surface area contributed by atoms with Crippen LogP contribution in [0, 0.1) is 5.92 Å². The van der Waals surface area contributed by atoms with Crippen molar-refractivity contribution < 1.29 is 0 Å². The summed E-state index contributed by atoms with van der Waals surface area (Å²) in [7, 11) is 0. The summed E-state index contributed by atoms with van der Waals surface area (Å²) in [6.45, 7) is 6.73. The molecule has 0 aliphatic carbocycles. The molecular weight excluding hydrogens is 182 g/mol. The molecule has 1 heterocycles. The summed E-state index contributed by atoms with van der Waals surface area (Å²) in [5.41, 5.74) is 2.48. The SMILES string of the molecule is CCc1cccc(CCCCC(C)C)n1. The third-order valence-electron chi connectivity index (χ3n) is 2.69. The standard InChI is InChI=1S/C14H23N/c1-4-13-10-7-11-14(15-13)9-6-5-8-12(2)3/h7,10-12H,4-6,8-9H2,1-3H3. The Bertz CT molecular complexity index is 278. The van der Waals surface area contributed by atoms with E-state index >= 15 is 0 Å². The van der Waals surface area contributed by atoms with Gasteiger partial charge in [-0.15, -0.1) is 0 Å². The van der Waals surface area contributed by atoms with Gasteiger partial charge in [0.15, 0.2) is 0 Å². The topological polar surface area (TPSA) is 12.9 Å². The summed E-state index contributed by atoms with van der Waals surface area (Å²) < 4.78 is 0. The number of aryl methyl sites for hydroxylation is 2. The zero-order valence-corrected chi connectivity index (χ0v) is 10.3. The predicted molar refractivity (Wildman–Crippen MR) is 66.0 cm³/mol. The van der Waals surface area contributed by atoms with Gasteiger partial charge in [-0.2, -0.15) is 0 Å². The predicted octanol–water partition coefficient (Wildman–Crippen LogP) is 4.01. The Balaban J connectivity index is 2.30. The van der Waals surface area contributed by atoms with Crippen molar-refractivity contribution in [1.82, 2.24) is 4.98 Å². The van der Waals surface area contributed by atoms with E-state index in [-0.39, 0.29) is 0 Å². The van der Waals surface area contributed by atoms with E-state index in [4.69, 9.17) is 0 Å². The third kappa shape index (κ3) is 4.96. The van der Waals surface area contributed by atoms with E-state index < -0.39 is 0 Å². The lowest BCUT2D eigenvalue weighted by Crippen LogP contribution is -1.95. The Hall–Kier alpha value is -0.850. The van der Waals surface area contributed by atoms with E-state index in [9.17, 15) is 0 Å². The molecule has 1 nitrogen and oxygen atoms in total. The minimum atomic E-state index is 0.833. The van der Waals surface area contributed by atoms with Gasteiger partial charge in [0.25, 0.3) is 0 Å². The van der Waals surface area contributed by atoms with Gasteiger partial charge in [-0.3, -0.25) is 4.98 Å². The Kier molecular flexibility index (Phi) is 5.38. The van der Waals surface area contributed by atoms with E-state index in [1.807, 2.05) is 0 Å². The molecule has 0 atom stereocenters. The number of rotatable bonds is 6. The second-order valence-corrected chi connectivity index (χ2v) is 4.61. The van der Waals surface area contributed by atoms with Crippen LogP contribution in [0.4, 0.5) is 0 Å². The Morgan fingerprint density at radius 3 is 2.53 bits per heavy atom. The maximum Gasteiger partial charge on any atom is 0.0406 e. The Morgan fingerprint density at radius 1 is 1.13 bits per heavy atom. The van der Waals surface area contributed by atoms with Gasteiger partial charge in [-0.1, -0.05) is 39.7 Å². The van der Waals surface area contributed by atoms with Crippen LogP contribution in [0.3, 0.4) is 0 Å². The molecule has 0 amide bonds. The number of nitrogens with zero attached hydrogens (tertiary/aromatic N) is 1. The molecule has 0 N–H and O–H groups in total. The van der Waals surface area contributed by atoms with E-state index in [1.54, 1.807) is 0 Å². The van der Waals surface area contributed by atoms with Gasteiger partial charge in [-0.05, 0) is 37.3 Å². The lowest BCUT2D eigenvalue weighted by atomic mass is 10.0. The Labute approximate surface area is 93.9 Å². The summed E-state index contributed by atoms with van der Waals surface area (Å²) >= 11 is 0. The average Bonchev–Trinajstić information content (AvgIpc) is 2.24. The molecule has 0 aliphatic rings. The fourth-order valence-corrected chi connectivity index (χ4v) is 1.72. The highest BCUT2D eigenvalue weighted by molar-refractivity contribution is 5.11. The molecule has 84 valence electrons. The fraction of sp³-hybridized carbons (Fsp3) is 0.643. The van der Waals surface area contributed by atoms with E-state index in [2.05, 4.69) is 44.0 Å². The normalized spacial score (nSPS) is 10.9. The molecule has 1 heteroatoms. The number of aromatic nitrogens is 1. The van der Waals surface area contributed by atoms with Crippen LogP contribution in [-0.4, -0.2) is 4.98 Å². The highest BCUT2D eigenvalue weighted by Gasteiger charge is 1.98. The first-order valence-corrected chi connectivity index (χ1v) is 6.17. The molecule has 0 saturated heterocycles. The van der Waals surface area contributed by atoms with Crippen molar-refractivity contribution >= 4 is 0 Å². The van der Waals surface area contributed by atoms with Gasteiger partial charge in [0.2, 0.25) is 0 Å². The van der Waals surface area contributed by atoms with Crippen molar-refractivity contribution in [2.75, 3.05) is 0 Å². The highest BCUT2D eigenvalue weighted by Crippen LogP contribution is 2.10. The van der Waals surface area contributed by atoms with Crippen LogP contribution in [0.2, 0.25) is 0 Å². The largest absolute Gasteiger partial charge is 0.258 e. The fourth-order valence-electron chi connectivity index (χ4n) is 1.72. The van der Waals surface area contributed by atoms with Crippen LogP contribution >= 0.6 is 0 Å². The number of pyridine rings is 1. The molecule has 0 aliphatic heterocycles. The van der Waals surface area contributed by atoms with Gasteiger partial charge in [0, 0.05) is 11.4 Å². The first-order valence-electron chi connectivity index (χ1n) is 6.17. The number of hydrogen-bond acceptors (Lipinski definition) is 1. The quantitative estimate of drug-likeness (QED) is 0.639. The lowest BCUT2D eigenvalue weighted by molar-refractivity contribution is 0.536. The lowest BCUT2D eigenvalue weighted by Gasteiger charge is -2.05. The minimum absolute atomic E-state index is 0.833. The van der Waals surface area contributed by atoms with Crippen molar-refractivity contribution in [2.45, 2.75) is 52.9 Å².